The third-order valence-corrected chi connectivity index (χ3v) is 2.68. The molecule has 0 saturated carbocycles. The van der Waals surface area contributed by atoms with Crippen LogP contribution in [0.1, 0.15) is 16.1 Å². The molecule has 0 aliphatic heterocycles. The van der Waals surface area contributed by atoms with Crippen molar-refractivity contribution in [3.8, 4) is 5.75 Å². The quantitative estimate of drug-likeness (QED) is 0.886. The first kappa shape index (κ1) is 14.7. The summed E-state index contributed by atoms with van der Waals surface area (Å²) in [5.41, 5.74) is 6.40. The molecule has 2 aromatic rings. The third-order valence-electron chi connectivity index (χ3n) is 2.68. The number of hydrogen-bond donors (Lipinski definition) is 2. The number of anilines is 1. The molecule has 0 radical (unpaired) electrons. The second-order valence-electron chi connectivity index (χ2n) is 4.11. The fraction of sp³-hybridized carbons (Fsp3) is 0.143. The van der Waals surface area contributed by atoms with Crippen molar-refractivity contribution in [3.63, 3.8) is 0 Å². The zero-order chi connectivity index (χ0) is 15.2. The van der Waals surface area contributed by atoms with E-state index in [1.807, 2.05) is 0 Å². The van der Waals surface area contributed by atoms with Crippen molar-refractivity contribution in [1.82, 2.24) is 10.3 Å². The number of nitrogens with zero attached hydrogens (tertiary/aromatic N) is 1. The number of rotatable bonds is 5. The molecule has 1 aromatic carbocycles. The Labute approximate surface area is 119 Å². The van der Waals surface area contributed by atoms with Gasteiger partial charge in [-0.2, -0.15) is 8.78 Å². The first-order chi connectivity index (χ1) is 10.1. The van der Waals surface area contributed by atoms with Gasteiger partial charge in [0.25, 0.3) is 5.91 Å². The molecule has 1 amide bonds. The molecular weight excluding hydrogens is 280 g/mol. The molecule has 0 bridgehead atoms. The van der Waals surface area contributed by atoms with E-state index in [0.717, 1.165) is 0 Å². The highest BCUT2D eigenvalue weighted by Gasteiger charge is 2.13. The van der Waals surface area contributed by atoms with Crippen LogP contribution in [0.5, 0.6) is 5.75 Å². The Bertz CT molecular complexity index is 635. The van der Waals surface area contributed by atoms with Crippen LogP contribution in [0, 0.1) is 0 Å². The first-order valence-electron chi connectivity index (χ1n) is 6.09. The van der Waals surface area contributed by atoms with E-state index in [1.54, 1.807) is 30.3 Å². The molecular formula is C14H13F2N3O2. The number of amides is 1. The van der Waals surface area contributed by atoms with E-state index < -0.39 is 12.5 Å². The average molecular weight is 293 g/mol. The minimum Gasteiger partial charge on any atom is -0.434 e. The summed E-state index contributed by atoms with van der Waals surface area (Å²) >= 11 is 0. The molecule has 3 N–H and O–H groups in total. The van der Waals surface area contributed by atoms with Gasteiger partial charge in [-0.05, 0) is 18.2 Å². The lowest BCUT2D eigenvalue weighted by molar-refractivity contribution is -0.0504. The number of nitrogens with two attached hydrogens (primary N) is 1. The van der Waals surface area contributed by atoms with Gasteiger partial charge in [0.1, 0.15) is 5.75 Å². The highest BCUT2D eigenvalue weighted by atomic mass is 19.3. The average Bonchev–Trinajstić information content (AvgIpc) is 2.46. The zero-order valence-electron chi connectivity index (χ0n) is 10.9. The van der Waals surface area contributed by atoms with Crippen molar-refractivity contribution < 1.29 is 18.3 Å². The van der Waals surface area contributed by atoms with Crippen LogP contribution in [-0.2, 0) is 6.54 Å². The summed E-state index contributed by atoms with van der Waals surface area (Å²) < 4.78 is 28.9. The highest BCUT2D eigenvalue weighted by molar-refractivity contribution is 5.96. The normalized spacial score (nSPS) is 10.4. The number of carbonyl (C=O) groups excluding carboxylic acids is 1. The monoisotopic (exact) mass is 293 g/mol. The maximum absolute atomic E-state index is 12.3. The van der Waals surface area contributed by atoms with Gasteiger partial charge in [0.15, 0.2) is 5.69 Å². The second kappa shape index (κ2) is 6.65. The zero-order valence-corrected chi connectivity index (χ0v) is 10.9. The Balaban J connectivity index is 2.07. The molecule has 0 aliphatic rings. The van der Waals surface area contributed by atoms with Crippen LogP contribution in [0.15, 0.2) is 42.6 Å². The molecule has 21 heavy (non-hydrogen) atoms. The lowest BCUT2D eigenvalue weighted by Gasteiger charge is -2.11. The van der Waals surface area contributed by atoms with Gasteiger partial charge in [0.2, 0.25) is 0 Å². The van der Waals surface area contributed by atoms with Gasteiger partial charge in [0.05, 0.1) is 5.69 Å². The van der Waals surface area contributed by atoms with Crippen molar-refractivity contribution in [1.29, 1.82) is 0 Å². The molecule has 0 aliphatic carbocycles. The minimum absolute atomic E-state index is 0.0155. The van der Waals surface area contributed by atoms with Crippen molar-refractivity contribution in [3.05, 3.63) is 53.9 Å². The van der Waals surface area contributed by atoms with Gasteiger partial charge < -0.3 is 15.8 Å². The van der Waals surface area contributed by atoms with Crippen molar-refractivity contribution in [2.24, 2.45) is 0 Å². The van der Waals surface area contributed by atoms with Gasteiger partial charge in [-0.1, -0.05) is 18.2 Å². The molecule has 1 heterocycles. The van der Waals surface area contributed by atoms with Crippen LogP contribution < -0.4 is 15.8 Å². The Hall–Kier alpha value is -2.70. The largest absolute Gasteiger partial charge is 0.434 e. The predicted octanol–water partition coefficient (Wildman–Crippen LogP) is 2.20. The third kappa shape index (κ3) is 3.88. The number of alkyl halides is 2. The summed E-state index contributed by atoms with van der Waals surface area (Å²) in [4.78, 5) is 15.8. The van der Waals surface area contributed by atoms with Crippen molar-refractivity contribution in [2.45, 2.75) is 13.2 Å². The number of nitrogen functional groups attached to an aromatic ring is 1. The predicted molar refractivity (Wildman–Crippen MR) is 72.9 cm³/mol. The van der Waals surface area contributed by atoms with Gasteiger partial charge >= 0.3 is 6.61 Å². The second-order valence-corrected chi connectivity index (χ2v) is 4.11. The van der Waals surface area contributed by atoms with Crippen LogP contribution in [0.3, 0.4) is 0 Å². The maximum atomic E-state index is 12.3. The van der Waals surface area contributed by atoms with E-state index in [0.29, 0.717) is 5.56 Å². The van der Waals surface area contributed by atoms with E-state index in [4.69, 9.17) is 5.73 Å². The molecule has 110 valence electrons. The van der Waals surface area contributed by atoms with E-state index in [9.17, 15) is 13.6 Å². The molecule has 0 atom stereocenters. The Morgan fingerprint density at radius 2 is 2.05 bits per heavy atom. The number of benzene rings is 1. The molecule has 0 fully saturated rings. The summed E-state index contributed by atoms with van der Waals surface area (Å²) in [6.07, 6.45) is 1.44. The van der Waals surface area contributed by atoms with E-state index in [-0.39, 0.29) is 23.7 Å². The molecule has 5 nitrogen and oxygen atoms in total. The van der Waals surface area contributed by atoms with Gasteiger partial charge in [-0.25, -0.2) is 4.98 Å². The number of hydrogen-bond acceptors (Lipinski definition) is 4. The molecule has 0 spiro atoms. The Morgan fingerprint density at radius 1 is 1.29 bits per heavy atom. The summed E-state index contributed by atoms with van der Waals surface area (Å²) in [7, 11) is 0. The summed E-state index contributed by atoms with van der Waals surface area (Å²) in [5.74, 6) is -0.471. The van der Waals surface area contributed by atoms with Gasteiger partial charge in [0, 0.05) is 18.3 Å². The van der Waals surface area contributed by atoms with Crippen LogP contribution in [0.4, 0.5) is 14.5 Å². The molecule has 0 unspecified atom stereocenters. The minimum atomic E-state index is -2.92. The number of para-hydroxylation sites is 1. The number of ether oxygens (including phenoxy) is 1. The molecule has 1 aromatic heterocycles. The number of pyridine rings is 1. The van der Waals surface area contributed by atoms with Crippen molar-refractivity contribution >= 4 is 11.6 Å². The van der Waals surface area contributed by atoms with E-state index in [1.165, 1.54) is 12.3 Å². The Morgan fingerprint density at radius 3 is 2.76 bits per heavy atom. The summed E-state index contributed by atoms with van der Waals surface area (Å²) in [5, 5.41) is 2.56. The van der Waals surface area contributed by atoms with Crippen LogP contribution in [-0.4, -0.2) is 17.5 Å². The van der Waals surface area contributed by atoms with Crippen LogP contribution >= 0.6 is 0 Å². The summed E-state index contributed by atoms with van der Waals surface area (Å²) in [6, 6.07) is 9.38. The topological polar surface area (TPSA) is 77.2 Å². The SMILES string of the molecule is Nc1cccnc1C(=O)NCc1ccccc1OC(F)F. The van der Waals surface area contributed by atoms with Crippen LogP contribution in [0.2, 0.25) is 0 Å². The van der Waals surface area contributed by atoms with Gasteiger partial charge in [-0.3, -0.25) is 4.79 Å². The smallest absolute Gasteiger partial charge is 0.387 e. The van der Waals surface area contributed by atoms with E-state index >= 15 is 0 Å². The Kier molecular flexibility index (Phi) is 4.65. The van der Waals surface area contributed by atoms with Crippen LogP contribution in [0.25, 0.3) is 0 Å². The number of nitrogens with one attached hydrogen (secondary N) is 1. The van der Waals surface area contributed by atoms with Gasteiger partial charge in [-0.15, -0.1) is 0 Å². The fourth-order valence-corrected chi connectivity index (χ4v) is 1.73. The number of carbonyl (C=O) groups is 1. The lowest BCUT2D eigenvalue weighted by atomic mass is 10.2. The molecule has 0 saturated heterocycles. The van der Waals surface area contributed by atoms with E-state index in [2.05, 4.69) is 15.0 Å². The summed E-state index contributed by atoms with van der Waals surface area (Å²) in [6.45, 7) is -2.90. The number of aromatic nitrogens is 1. The lowest BCUT2D eigenvalue weighted by Crippen LogP contribution is -2.25. The molecule has 7 heteroatoms. The standard InChI is InChI=1S/C14H13F2N3O2/c15-14(16)21-11-6-2-1-4-9(11)8-19-13(20)12-10(17)5-3-7-18-12/h1-7,14H,8,17H2,(H,19,20). The first-order valence-corrected chi connectivity index (χ1v) is 6.09. The number of halogens is 2. The van der Waals surface area contributed by atoms with Crippen molar-refractivity contribution in [2.75, 3.05) is 5.73 Å². The highest BCUT2D eigenvalue weighted by Crippen LogP contribution is 2.20. The fourth-order valence-electron chi connectivity index (χ4n) is 1.73. The molecule has 2 rings (SSSR count). The maximum Gasteiger partial charge on any atom is 0.387 e.